The molecule has 2 rings (SSSR count). The second-order valence-corrected chi connectivity index (χ2v) is 5.74. The van der Waals surface area contributed by atoms with Gasteiger partial charge in [-0.1, -0.05) is 24.3 Å². The molecule has 0 fully saturated rings. The second-order valence-electron chi connectivity index (χ2n) is 5.74. The van der Waals surface area contributed by atoms with Gasteiger partial charge in [-0.15, -0.1) is 0 Å². The van der Waals surface area contributed by atoms with Crippen molar-refractivity contribution >= 4 is 5.91 Å². The van der Waals surface area contributed by atoms with Gasteiger partial charge in [0.25, 0.3) is 5.91 Å². The first kappa shape index (κ1) is 19.0. The number of nitrogens with one attached hydrogen (secondary N) is 1. The van der Waals surface area contributed by atoms with E-state index in [1.54, 1.807) is 12.1 Å². The maximum atomic E-state index is 12.3. The molecule has 0 aliphatic carbocycles. The van der Waals surface area contributed by atoms with E-state index in [-0.39, 0.29) is 5.91 Å². The van der Waals surface area contributed by atoms with Gasteiger partial charge in [-0.05, 0) is 43.2 Å². The van der Waals surface area contributed by atoms with Crippen LogP contribution in [0.5, 0.6) is 5.75 Å². The molecular weight excluding hydrogens is 316 g/mol. The van der Waals surface area contributed by atoms with Crippen LogP contribution in [0.15, 0.2) is 42.5 Å². The van der Waals surface area contributed by atoms with E-state index in [4.69, 9.17) is 15.2 Å². The van der Waals surface area contributed by atoms with E-state index in [0.717, 1.165) is 22.4 Å². The van der Waals surface area contributed by atoms with Crippen molar-refractivity contribution in [2.24, 2.45) is 5.73 Å². The summed E-state index contributed by atoms with van der Waals surface area (Å²) in [7, 11) is 0. The highest BCUT2D eigenvalue weighted by atomic mass is 16.5. The van der Waals surface area contributed by atoms with Crippen LogP contribution in [-0.2, 0) is 17.8 Å². The third-order valence-corrected chi connectivity index (χ3v) is 3.80. The number of carbonyl (C=O) groups is 1. The topological polar surface area (TPSA) is 73.6 Å². The van der Waals surface area contributed by atoms with Crippen molar-refractivity contribution in [2.45, 2.75) is 26.9 Å². The van der Waals surface area contributed by atoms with Gasteiger partial charge in [-0.25, -0.2) is 0 Å². The maximum Gasteiger partial charge on any atom is 0.251 e. The van der Waals surface area contributed by atoms with Crippen molar-refractivity contribution in [1.82, 2.24) is 5.32 Å². The van der Waals surface area contributed by atoms with Crippen molar-refractivity contribution < 1.29 is 14.3 Å². The molecule has 2 aromatic rings. The molecule has 1 amide bonds. The molecule has 25 heavy (non-hydrogen) atoms. The van der Waals surface area contributed by atoms with E-state index in [1.807, 2.05) is 44.2 Å². The summed E-state index contributed by atoms with van der Waals surface area (Å²) in [5.74, 6) is 0.655. The SMILES string of the molecule is CCOCCOc1cc(C)ccc1CNC(=O)c1ccc(CN)cc1. The van der Waals surface area contributed by atoms with E-state index >= 15 is 0 Å². The Hall–Kier alpha value is -2.37. The molecule has 0 unspecified atom stereocenters. The van der Waals surface area contributed by atoms with Gasteiger partial charge in [0.05, 0.1) is 6.61 Å². The summed E-state index contributed by atoms with van der Waals surface area (Å²) in [6, 6.07) is 13.3. The number of benzene rings is 2. The predicted octanol–water partition coefficient (Wildman–Crippen LogP) is 2.80. The lowest BCUT2D eigenvalue weighted by Gasteiger charge is -2.13. The molecule has 0 aliphatic heterocycles. The summed E-state index contributed by atoms with van der Waals surface area (Å²) >= 11 is 0. The molecule has 0 radical (unpaired) electrons. The van der Waals surface area contributed by atoms with Crippen LogP contribution in [0, 0.1) is 6.92 Å². The summed E-state index contributed by atoms with van der Waals surface area (Å²) in [6.07, 6.45) is 0. The van der Waals surface area contributed by atoms with Crippen LogP contribution in [-0.4, -0.2) is 25.7 Å². The fraction of sp³-hybridized carbons (Fsp3) is 0.350. The minimum absolute atomic E-state index is 0.121. The van der Waals surface area contributed by atoms with Crippen LogP contribution >= 0.6 is 0 Å². The van der Waals surface area contributed by atoms with Gasteiger partial charge in [0.2, 0.25) is 0 Å². The largest absolute Gasteiger partial charge is 0.491 e. The second kappa shape index (κ2) is 9.81. The number of amides is 1. The van der Waals surface area contributed by atoms with Crippen LogP contribution in [0.1, 0.15) is 34.0 Å². The highest BCUT2D eigenvalue weighted by Gasteiger charge is 2.09. The lowest BCUT2D eigenvalue weighted by molar-refractivity contribution is 0.0949. The summed E-state index contributed by atoms with van der Waals surface area (Å²) in [4.78, 5) is 12.3. The third-order valence-electron chi connectivity index (χ3n) is 3.80. The number of nitrogens with two attached hydrogens (primary N) is 1. The number of aryl methyl sites for hydroxylation is 1. The summed E-state index contributed by atoms with van der Waals surface area (Å²) in [6.45, 7) is 6.53. The number of rotatable bonds is 9. The fourth-order valence-electron chi connectivity index (χ4n) is 2.37. The molecule has 0 bridgehead atoms. The predicted molar refractivity (Wildman–Crippen MR) is 98.7 cm³/mol. The van der Waals surface area contributed by atoms with Crippen molar-refractivity contribution in [1.29, 1.82) is 0 Å². The number of ether oxygens (including phenoxy) is 2. The van der Waals surface area contributed by atoms with E-state index in [1.165, 1.54) is 0 Å². The van der Waals surface area contributed by atoms with Gasteiger partial charge in [0.15, 0.2) is 0 Å². The summed E-state index contributed by atoms with van der Waals surface area (Å²) in [5, 5.41) is 2.93. The Balaban J connectivity index is 1.97. The highest BCUT2D eigenvalue weighted by molar-refractivity contribution is 5.94. The van der Waals surface area contributed by atoms with Gasteiger partial charge >= 0.3 is 0 Å². The van der Waals surface area contributed by atoms with E-state index in [0.29, 0.717) is 38.5 Å². The quantitative estimate of drug-likeness (QED) is 0.687. The van der Waals surface area contributed by atoms with Crippen molar-refractivity contribution in [2.75, 3.05) is 19.8 Å². The first-order chi connectivity index (χ1) is 12.1. The van der Waals surface area contributed by atoms with Crippen molar-refractivity contribution in [3.05, 3.63) is 64.7 Å². The molecule has 0 aromatic heterocycles. The Morgan fingerprint density at radius 3 is 2.56 bits per heavy atom. The normalized spacial score (nSPS) is 10.5. The zero-order valence-electron chi connectivity index (χ0n) is 14.9. The zero-order chi connectivity index (χ0) is 18.1. The molecule has 0 saturated carbocycles. The molecule has 0 aliphatic rings. The zero-order valence-corrected chi connectivity index (χ0v) is 14.9. The van der Waals surface area contributed by atoms with Crippen molar-refractivity contribution in [3.8, 4) is 5.75 Å². The molecule has 0 heterocycles. The molecule has 5 heteroatoms. The smallest absolute Gasteiger partial charge is 0.251 e. The number of hydrogen-bond acceptors (Lipinski definition) is 4. The van der Waals surface area contributed by atoms with Gasteiger partial charge in [0.1, 0.15) is 12.4 Å². The molecule has 2 aromatic carbocycles. The van der Waals surface area contributed by atoms with E-state index in [9.17, 15) is 4.79 Å². The minimum Gasteiger partial charge on any atom is -0.491 e. The van der Waals surface area contributed by atoms with Crippen LogP contribution in [0.4, 0.5) is 0 Å². The maximum absolute atomic E-state index is 12.3. The van der Waals surface area contributed by atoms with Crippen LogP contribution in [0.25, 0.3) is 0 Å². The van der Waals surface area contributed by atoms with Gasteiger partial charge in [-0.3, -0.25) is 4.79 Å². The molecule has 5 nitrogen and oxygen atoms in total. The van der Waals surface area contributed by atoms with E-state index in [2.05, 4.69) is 5.32 Å². The molecule has 134 valence electrons. The summed E-state index contributed by atoms with van der Waals surface area (Å²) < 4.78 is 11.1. The lowest BCUT2D eigenvalue weighted by atomic mass is 10.1. The molecular formula is C20H26N2O3. The highest BCUT2D eigenvalue weighted by Crippen LogP contribution is 2.20. The Bertz CT molecular complexity index is 684. The molecule has 0 saturated heterocycles. The summed E-state index contributed by atoms with van der Waals surface area (Å²) in [5.41, 5.74) is 9.24. The van der Waals surface area contributed by atoms with E-state index < -0.39 is 0 Å². The molecule has 0 atom stereocenters. The van der Waals surface area contributed by atoms with Crippen molar-refractivity contribution in [3.63, 3.8) is 0 Å². The van der Waals surface area contributed by atoms with Gasteiger partial charge < -0.3 is 20.5 Å². The average molecular weight is 342 g/mol. The van der Waals surface area contributed by atoms with Gasteiger partial charge in [-0.2, -0.15) is 0 Å². The van der Waals surface area contributed by atoms with Crippen LogP contribution in [0.2, 0.25) is 0 Å². The Labute approximate surface area is 149 Å². The monoisotopic (exact) mass is 342 g/mol. The minimum atomic E-state index is -0.121. The van der Waals surface area contributed by atoms with Crippen LogP contribution in [0.3, 0.4) is 0 Å². The third kappa shape index (κ3) is 5.89. The number of hydrogen-bond donors (Lipinski definition) is 2. The molecule has 0 spiro atoms. The standard InChI is InChI=1S/C20H26N2O3/c1-3-24-10-11-25-19-12-15(2)4-7-18(19)14-22-20(23)17-8-5-16(13-21)6-9-17/h4-9,12H,3,10-11,13-14,21H2,1-2H3,(H,22,23). The Morgan fingerprint density at radius 1 is 1.12 bits per heavy atom. The average Bonchev–Trinajstić information content (AvgIpc) is 2.64. The fourth-order valence-corrected chi connectivity index (χ4v) is 2.37. The Morgan fingerprint density at radius 2 is 1.88 bits per heavy atom. The first-order valence-corrected chi connectivity index (χ1v) is 8.51. The first-order valence-electron chi connectivity index (χ1n) is 8.51. The Kier molecular flexibility index (Phi) is 7.44. The van der Waals surface area contributed by atoms with Crippen LogP contribution < -0.4 is 15.8 Å². The lowest BCUT2D eigenvalue weighted by Crippen LogP contribution is -2.23. The molecule has 3 N–H and O–H groups in total. The number of carbonyl (C=O) groups excluding carboxylic acids is 1. The van der Waals surface area contributed by atoms with Gasteiger partial charge in [0, 0.05) is 30.8 Å².